The first kappa shape index (κ1) is 29.2. The maximum atomic E-state index is 15.9. The van der Waals surface area contributed by atoms with Gasteiger partial charge in [-0.3, -0.25) is 9.59 Å². The van der Waals surface area contributed by atoms with Crippen LogP contribution < -0.4 is 26.4 Å². The summed E-state index contributed by atoms with van der Waals surface area (Å²) in [5.74, 6) is -1.94. The zero-order valence-corrected chi connectivity index (χ0v) is 24.8. The van der Waals surface area contributed by atoms with Crippen LogP contribution >= 0.6 is 23.2 Å². The van der Waals surface area contributed by atoms with Gasteiger partial charge in [0.05, 0.1) is 23.9 Å². The first-order valence-corrected chi connectivity index (χ1v) is 14.1. The maximum absolute atomic E-state index is 15.9. The van der Waals surface area contributed by atoms with E-state index in [1.165, 1.54) is 25.3 Å². The summed E-state index contributed by atoms with van der Waals surface area (Å²) in [7, 11) is 1.44. The third-order valence-corrected chi connectivity index (χ3v) is 8.63. The number of rotatable bonds is 6. The average Bonchev–Trinajstić information content (AvgIpc) is 3.43. The van der Waals surface area contributed by atoms with Crippen molar-refractivity contribution in [3.8, 4) is 5.75 Å². The number of amides is 2. The predicted molar refractivity (Wildman–Crippen MR) is 161 cm³/mol. The molecule has 0 aliphatic carbocycles. The van der Waals surface area contributed by atoms with E-state index in [0.717, 1.165) is 11.3 Å². The van der Waals surface area contributed by atoms with E-state index in [9.17, 15) is 9.59 Å². The fourth-order valence-corrected chi connectivity index (χ4v) is 6.77. The molecule has 3 aromatic rings. The summed E-state index contributed by atoms with van der Waals surface area (Å²) in [6.45, 7) is 6.87. The van der Waals surface area contributed by atoms with E-state index in [2.05, 4.69) is 36.7 Å². The molecule has 1 unspecified atom stereocenters. The Kier molecular flexibility index (Phi) is 7.70. The lowest BCUT2D eigenvalue weighted by molar-refractivity contribution is -0.118. The monoisotopic (exact) mass is 598 g/mol. The van der Waals surface area contributed by atoms with Crippen LogP contribution in [-0.2, 0) is 10.2 Å². The standard InChI is InChI=1S/C31H33Cl2FN4O3/c1-30(2,3)14-24-31(15-36-21-11-9-17(32)13-19(21)31)25(18-6-5-7-20(33)26(18)34)27(38-24)29(40)37-22-10-8-16(28(35)39)12-23(22)41-4/h5-13,24-25,27,36,38H,14-15H2,1-4H3,(H2,35,39)(H,37,40)/t24?,25-,27+,31-/m0/s1. The predicted octanol–water partition coefficient (Wildman–Crippen LogP) is 6.10. The number of benzene rings is 3. The third-order valence-electron chi connectivity index (χ3n) is 8.10. The summed E-state index contributed by atoms with van der Waals surface area (Å²) < 4.78 is 21.4. The average molecular weight is 600 g/mol. The van der Waals surface area contributed by atoms with Crippen LogP contribution in [0.5, 0.6) is 5.75 Å². The number of halogens is 3. The highest BCUT2D eigenvalue weighted by Gasteiger charge is 2.61. The number of hydrogen-bond acceptors (Lipinski definition) is 5. The smallest absolute Gasteiger partial charge is 0.248 e. The Bertz CT molecular complexity index is 1530. The summed E-state index contributed by atoms with van der Waals surface area (Å²) in [4.78, 5) is 25.9. The van der Waals surface area contributed by atoms with Crippen molar-refractivity contribution in [2.45, 2.75) is 50.6 Å². The van der Waals surface area contributed by atoms with Crippen LogP contribution in [0, 0.1) is 11.2 Å². The Labute approximate surface area is 248 Å². The number of ether oxygens (including phenoxy) is 1. The lowest BCUT2D eigenvalue weighted by atomic mass is 9.63. The molecule has 0 aromatic heterocycles. The van der Waals surface area contributed by atoms with Gasteiger partial charge in [-0.05, 0) is 65.4 Å². The Balaban J connectivity index is 1.67. The van der Waals surface area contributed by atoms with Gasteiger partial charge in [-0.25, -0.2) is 4.39 Å². The largest absolute Gasteiger partial charge is 0.495 e. The fourth-order valence-electron chi connectivity index (χ4n) is 6.41. The summed E-state index contributed by atoms with van der Waals surface area (Å²) >= 11 is 12.8. The van der Waals surface area contributed by atoms with Crippen molar-refractivity contribution in [1.82, 2.24) is 5.32 Å². The van der Waals surface area contributed by atoms with Crippen molar-refractivity contribution in [2.24, 2.45) is 11.1 Å². The summed E-state index contributed by atoms with van der Waals surface area (Å²) in [5.41, 5.74) is 7.33. The third kappa shape index (κ3) is 5.25. The minimum Gasteiger partial charge on any atom is -0.495 e. The molecule has 4 atom stereocenters. The van der Waals surface area contributed by atoms with Gasteiger partial charge in [0.15, 0.2) is 0 Å². The Morgan fingerprint density at radius 3 is 2.59 bits per heavy atom. The van der Waals surface area contributed by atoms with E-state index >= 15 is 4.39 Å². The second-order valence-electron chi connectivity index (χ2n) is 11.9. The van der Waals surface area contributed by atoms with Crippen molar-refractivity contribution in [3.63, 3.8) is 0 Å². The van der Waals surface area contributed by atoms with Crippen LogP contribution in [0.1, 0.15) is 54.6 Å². The molecule has 2 amide bonds. The van der Waals surface area contributed by atoms with E-state index in [-0.39, 0.29) is 33.7 Å². The summed E-state index contributed by atoms with van der Waals surface area (Å²) in [6, 6.07) is 14.0. The van der Waals surface area contributed by atoms with Crippen molar-refractivity contribution in [2.75, 3.05) is 24.3 Å². The molecule has 2 heterocycles. The van der Waals surface area contributed by atoms with E-state index in [4.69, 9.17) is 33.7 Å². The molecule has 3 aromatic carbocycles. The number of anilines is 2. The second-order valence-corrected chi connectivity index (χ2v) is 12.8. The molecule has 10 heteroatoms. The van der Waals surface area contributed by atoms with Gasteiger partial charge in [-0.1, -0.05) is 56.1 Å². The minimum atomic E-state index is -0.859. The number of fused-ring (bicyclic) bond motifs is 2. The van der Waals surface area contributed by atoms with E-state index in [1.807, 2.05) is 18.2 Å². The number of nitrogens with one attached hydrogen (secondary N) is 3. The zero-order valence-electron chi connectivity index (χ0n) is 23.3. The molecule has 5 rings (SSSR count). The van der Waals surface area contributed by atoms with Crippen molar-refractivity contribution < 1.29 is 18.7 Å². The molecule has 41 heavy (non-hydrogen) atoms. The molecule has 0 saturated carbocycles. The Morgan fingerprint density at radius 2 is 1.90 bits per heavy atom. The van der Waals surface area contributed by atoms with Crippen LogP contribution in [0.4, 0.5) is 15.8 Å². The summed E-state index contributed by atoms with van der Waals surface area (Å²) in [5, 5.41) is 10.6. The highest BCUT2D eigenvalue weighted by atomic mass is 35.5. The normalized spacial score (nSPS) is 23.2. The van der Waals surface area contributed by atoms with Gasteiger partial charge < -0.3 is 26.4 Å². The molecule has 7 nitrogen and oxygen atoms in total. The highest BCUT2D eigenvalue weighted by molar-refractivity contribution is 6.31. The lowest BCUT2D eigenvalue weighted by Gasteiger charge is -2.39. The zero-order chi connectivity index (χ0) is 29.7. The summed E-state index contributed by atoms with van der Waals surface area (Å²) in [6.07, 6.45) is 0.694. The van der Waals surface area contributed by atoms with Crippen LogP contribution in [0.15, 0.2) is 54.6 Å². The number of carbonyl (C=O) groups excluding carboxylic acids is 2. The topological polar surface area (TPSA) is 105 Å². The van der Waals surface area contributed by atoms with E-state index < -0.39 is 29.1 Å². The molecule has 0 bridgehead atoms. The van der Waals surface area contributed by atoms with Gasteiger partial charge >= 0.3 is 0 Å². The second kappa shape index (κ2) is 10.8. The van der Waals surface area contributed by atoms with E-state index in [1.54, 1.807) is 18.2 Å². The van der Waals surface area contributed by atoms with Gasteiger partial charge in [0.2, 0.25) is 11.8 Å². The Hall–Kier alpha value is -3.33. The van der Waals surface area contributed by atoms with Crippen molar-refractivity contribution in [1.29, 1.82) is 0 Å². The number of primary amides is 1. The molecular formula is C31H33Cl2FN4O3. The minimum absolute atomic E-state index is 0.0166. The van der Waals surface area contributed by atoms with Gasteiger partial charge in [-0.15, -0.1) is 0 Å². The first-order chi connectivity index (χ1) is 19.4. The number of carbonyl (C=O) groups is 2. The van der Waals surface area contributed by atoms with Crippen LogP contribution in [0.3, 0.4) is 0 Å². The number of nitrogens with two attached hydrogens (primary N) is 1. The lowest BCUT2D eigenvalue weighted by Crippen LogP contribution is -2.46. The van der Waals surface area contributed by atoms with Gasteiger partial charge in [0, 0.05) is 40.2 Å². The number of hydrogen-bond donors (Lipinski definition) is 4. The van der Waals surface area contributed by atoms with Gasteiger partial charge in [0.1, 0.15) is 11.6 Å². The fraction of sp³-hybridized carbons (Fsp3) is 0.355. The van der Waals surface area contributed by atoms with Crippen LogP contribution in [0.2, 0.25) is 10.0 Å². The van der Waals surface area contributed by atoms with Gasteiger partial charge in [-0.2, -0.15) is 0 Å². The maximum Gasteiger partial charge on any atom is 0.248 e. The molecule has 1 fully saturated rings. The molecule has 0 radical (unpaired) electrons. The van der Waals surface area contributed by atoms with Crippen molar-refractivity contribution in [3.05, 3.63) is 87.2 Å². The van der Waals surface area contributed by atoms with Gasteiger partial charge in [0.25, 0.3) is 0 Å². The highest BCUT2D eigenvalue weighted by Crippen LogP contribution is 2.56. The first-order valence-electron chi connectivity index (χ1n) is 13.4. The molecule has 2 aliphatic heterocycles. The van der Waals surface area contributed by atoms with Crippen LogP contribution in [-0.4, -0.2) is 37.6 Å². The number of methoxy groups -OCH3 is 1. The quantitative estimate of drug-likeness (QED) is 0.274. The molecule has 216 valence electrons. The molecule has 1 saturated heterocycles. The van der Waals surface area contributed by atoms with Crippen LogP contribution in [0.25, 0.3) is 0 Å². The van der Waals surface area contributed by atoms with E-state index in [0.29, 0.717) is 29.2 Å². The molecular weight excluding hydrogens is 566 g/mol. The molecule has 2 aliphatic rings. The molecule has 1 spiro atoms. The van der Waals surface area contributed by atoms with Crippen molar-refractivity contribution >= 4 is 46.4 Å². The Morgan fingerprint density at radius 1 is 1.15 bits per heavy atom. The SMILES string of the molecule is COc1cc(C(N)=O)ccc1NC(=O)[C@@H]1NC(CC(C)(C)C)[C@@]2(CNc3ccc(Cl)cc32)[C@H]1c1cccc(Cl)c1F. The molecule has 5 N–H and O–H groups in total.